The summed E-state index contributed by atoms with van der Waals surface area (Å²) in [6.45, 7) is 28.1. The van der Waals surface area contributed by atoms with Gasteiger partial charge in [-0.1, -0.05) is 277 Å². The first-order valence-corrected chi connectivity index (χ1v) is 33.9. The highest BCUT2D eigenvalue weighted by Crippen LogP contribution is 2.54. The second-order valence-corrected chi connectivity index (χ2v) is 31.2. The molecule has 0 fully saturated rings. The Morgan fingerprint density at radius 2 is 0.579 bits per heavy atom. The maximum atomic E-state index is 5.63. The molecule has 0 spiro atoms. The van der Waals surface area contributed by atoms with E-state index in [0.717, 1.165) is 39.4 Å². The number of rotatable bonds is 5. The summed E-state index contributed by atoms with van der Waals surface area (Å²) in [5.74, 6) is 1.84. The molecule has 16 aromatic rings. The van der Waals surface area contributed by atoms with Gasteiger partial charge in [-0.2, -0.15) is 0 Å². The van der Waals surface area contributed by atoms with Gasteiger partial charge in [0.1, 0.15) is 0 Å². The maximum Gasteiger partial charge on any atom is 0.252 e. The molecule has 95 heavy (non-hydrogen) atoms. The van der Waals surface area contributed by atoms with E-state index in [1.807, 2.05) is 0 Å². The van der Waals surface area contributed by atoms with Crippen LogP contribution in [0.3, 0.4) is 0 Å². The van der Waals surface area contributed by atoms with Crippen LogP contribution in [0.2, 0.25) is 0 Å². The van der Waals surface area contributed by atoms with Gasteiger partial charge < -0.3 is 9.80 Å². The summed E-state index contributed by atoms with van der Waals surface area (Å²) in [6, 6.07) is 87.8. The van der Waals surface area contributed by atoms with Crippen molar-refractivity contribution in [2.24, 2.45) is 0 Å². The van der Waals surface area contributed by atoms with E-state index in [1.165, 1.54) is 136 Å². The second-order valence-electron chi connectivity index (χ2n) is 31.2. The monoisotopic (exact) mass is 1220 g/mol. The van der Waals surface area contributed by atoms with E-state index < -0.39 is 0 Å². The van der Waals surface area contributed by atoms with E-state index in [0.29, 0.717) is 17.5 Å². The van der Waals surface area contributed by atoms with Crippen LogP contribution < -0.4 is 26.2 Å². The lowest BCUT2D eigenvalue weighted by Gasteiger charge is -2.46. The predicted molar refractivity (Wildman–Crippen MR) is 407 cm³/mol. The van der Waals surface area contributed by atoms with Crippen molar-refractivity contribution in [3.63, 3.8) is 0 Å². The standard InChI is InChI=1S/C89H74BN5/c1-86(2,3)56-43-57(87(4,5)6)46-60(45-56)94-74-41-55(85-92-83(53-25-15-13-16-26-53)91-84(93-85)54-27-17-14-18-28-54)42-75-80(74)90(72-49-70-66-35-21-31-51-29-19-33-62(76(51)66)64-37-23-39-68(78(64)70)81(72)94)73-50-71-67-36-22-32-52-30-20-34-63(77(52)67)65-38-24-40-69(79(65)71)82(73)95(75)61-47-58(88(7,8)9)44-59(48-61)89(10,11)12/h13-50H,1-12H3. The first-order valence-electron chi connectivity index (χ1n) is 33.9. The summed E-state index contributed by atoms with van der Waals surface area (Å²) in [4.78, 5) is 22.0. The third-order valence-electron chi connectivity index (χ3n) is 21.0. The average molecular weight is 1220 g/mol. The lowest BCUT2D eigenvalue weighted by Crippen LogP contribution is -2.61. The molecule has 458 valence electrons. The van der Waals surface area contributed by atoms with Crippen LogP contribution in [0, 0.1) is 0 Å². The molecular formula is C89H74BN5. The Kier molecular flexibility index (Phi) is 12.1. The Balaban J connectivity index is 1.09. The van der Waals surface area contributed by atoms with Crippen LogP contribution in [-0.2, 0) is 21.7 Å². The first kappa shape index (κ1) is 57.3. The van der Waals surface area contributed by atoms with E-state index in [-0.39, 0.29) is 28.4 Å². The number of fused-ring (bicyclic) bond motifs is 10. The molecule has 0 saturated carbocycles. The Morgan fingerprint density at radius 3 is 0.926 bits per heavy atom. The molecule has 0 aliphatic carbocycles. The highest BCUT2D eigenvalue weighted by molar-refractivity contribution is 7.01. The topological polar surface area (TPSA) is 45.2 Å². The van der Waals surface area contributed by atoms with Crippen LogP contribution in [0.5, 0.6) is 0 Å². The molecule has 2 aliphatic heterocycles. The summed E-state index contributed by atoms with van der Waals surface area (Å²) in [5.41, 5.74) is 17.7. The van der Waals surface area contributed by atoms with Gasteiger partial charge >= 0.3 is 0 Å². The van der Waals surface area contributed by atoms with Crippen molar-refractivity contribution in [3.05, 3.63) is 253 Å². The molecule has 2 aliphatic rings. The molecule has 3 heterocycles. The van der Waals surface area contributed by atoms with E-state index in [4.69, 9.17) is 15.0 Å². The van der Waals surface area contributed by atoms with Gasteiger partial charge in [0.05, 0.1) is 0 Å². The number of nitrogens with zero attached hydrogens (tertiary/aromatic N) is 5. The van der Waals surface area contributed by atoms with Gasteiger partial charge in [0.2, 0.25) is 0 Å². The van der Waals surface area contributed by atoms with Crippen LogP contribution in [0.15, 0.2) is 231 Å². The summed E-state index contributed by atoms with van der Waals surface area (Å²) < 4.78 is 0. The van der Waals surface area contributed by atoms with Gasteiger partial charge in [0.25, 0.3) is 6.71 Å². The number of hydrogen-bond donors (Lipinski definition) is 0. The molecule has 0 bridgehead atoms. The predicted octanol–water partition coefficient (Wildman–Crippen LogP) is 22.2. The summed E-state index contributed by atoms with van der Waals surface area (Å²) in [6.07, 6.45) is 0. The van der Waals surface area contributed by atoms with Crippen molar-refractivity contribution in [2.75, 3.05) is 9.80 Å². The molecule has 0 atom stereocenters. The van der Waals surface area contributed by atoms with Crippen LogP contribution in [0.25, 0.3) is 120 Å². The van der Waals surface area contributed by atoms with E-state index >= 15 is 0 Å². The molecule has 0 amide bonds. The van der Waals surface area contributed by atoms with Gasteiger partial charge in [0, 0.05) is 61.6 Å². The lowest BCUT2D eigenvalue weighted by atomic mass is 9.33. The zero-order chi connectivity index (χ0) is 64.9. The second kappa shape index (κ2) is 20.1. The van der Waals surface area contributed by atoms with Crippen molar-refractivity contribution in [1.82, 2.24) is 15.0 Å². The Labute approximate surface area is 556 Å². The van der Waals surface area contributed by atoms with Gasteiger partial charge in [-0.05, 0) is 172 Å². The minimum Gasteiger partial charge on any atom is -0.311 e. The molecule has 0 N–H and O–H groups in total. The average Bonchev–Trinajstić information content (AvgIpc) is 0.674. The van der Waals surface area contributed by atoms with Crippen LogP contribution in [-0.4, -0.2) is 21.7 Å². The SMILES string of the molecule is CC(C)(C)c1cc(N2c3cc(-c4nc(-c5ccccc5)nc(-c5ccccc5)n4)cc4c3B(c3cc5c6cccc7cccc(c8cccc(c32)c85)c76)c2cc3c5cccc6cccc(c7cccc(c2N4c2cc(C(C)(C)C)cc(C(C)(C)C)c2)c73)c65)cc(C(C)(C)C)c1. The van der Waals surface area contributed by atoms with Gasteiger partial charge in [-0.15, -0.1) is 0 Å². The molecule has 6 heteroatoms. The Hall–Kier alpha value is -10.4. The number of benzene rings is 15. The normalized spacial score (nSPS) is 13.6. The van der Waals surface area contributed by atoms with Crippen LogP contribution in [0.4, 0.5) is 34.1 Å². The molecule has 5 nitrogen and oxygen atoms in total. The Bertz CT molecular complexity index is 5470. The third-order valence-corrected chi connectivity index (χ3v) is 21.0. The molecule has 1 aromatic heterocycles. The van der Waals surface area contributed by atoms with Crippen molar-refractivity contribution >= 4 is 143 Å². The molecule has 0 radical (unpaired) electrons. The zero-order valence-corrected chi connectivity index (χ0v) is 56.3. The molecule has 18 rings (SSSR count). The lowest BCUT2D eigenvalue weighted by molar-refractivity contribution is 0.568. The van der Waals surface area contributed by atoms with Crippen molar-refractivity contribution in [3.8, 4) is 34.2 Å². The fourth-order valence-corrected chi connectivity index (χ4v) is 16.2. The van der Waals surface area contributed by atoms with Crippen molar-refractivity contribution < 1.29 is 0 Å². The fraction of sp³-hybridized carbons (Fsp3) is 0.180. The van der Waals surface area contributed by atoms with E-state index in [1.54, 1.807) is 0 Å². The Morgan fingerprint density at radius 1 is 0.274 bits per heavy atom. The molecule has 0 unspecified atom stereocenters. The van der Waals surface area contributed by atoms with Crippen LogP contribution >= 0.6 is 0 Å². The van der Waals surface area contributed by atoms with Gasteiger partial charge in [-0.3, -0.25) is 0 Å². The summed E-state index contributed by atoms with van der Waals surface area (Å²) >= 11 is 0. The quantitative estimate of drug-likeness (QED) is 0.0976. The highest BCUT2D eigenvalue weighted by atomic mass is 15.2. The van der Waals surface area contributed by atoms with Crippen molar-refractivity contribution in [1.29, 1.82) is 0 Å². The van der Waals surface area contributed by atoms with Crippen molar-refractivity contribution in [2.45, 2.75) is 105 Å². The minimum absolute atomic E-state index is 0.186. The maximum absolute atomic E-state index is 5.63. The smallest absolute Gasteiger partial charge is 0.252 e. The molecule has 15 aromatic carbocycles. The van der Waals surface area contributed by atoms with E-state index in [2.05, 4.69) is 323 Å². The van der Waals surface area contributed by atoms with E-state index in [9.17, 15) is 0 Å². The van der Waals surface area contributed by atoms with Crippen LogP contribution in [0.1, 0.15) is 105 Å². The number of hydrogen-bond acceptors (Lipinski definition) is 5. The number of aromatic nitrogens is 3. The highest BCUT2D eigenvalue weighted by Gasteiger charge is 2.47. The molecular weight excluding hydrogens is 1150 g/mol. The van der Waals surface area contributed by atoms with Gasteiger partial charge in [0.15, 0.2) is 17.5 Å². The first-order chi connectivity index (χ1) is 45.6. The third kappa shape index (κ3) is 8.65. The largest absolute Gasteiger partial charge is 0.311 e. The summed E-state index contributed by atoms with van der Waals surface area (Å²) in [5, 5.41) is 20.2. The zero-order valence-electron chi connectivity index (χ0n) is 56.3. The minimum atomic E-state index is -0.271. The summed E-state index contributed by atoms with van der Waals surface area (Å²) in [7, 11) is 0. The number of anilines is 6. The fourth-order valence-electron chi connectivity index (χ4n) is 16.2. The van der Waals surface area contributed by atoms with Gasteiger partial charge in [-0.25, -0.2) is 15.0 Å². The molecule has 0 saturated heterocycles.